The van der Waals surface area contributed by atoms with Crippen LogP contribution in [-0.4, -0.2) is 25.6 Å². The fourth-order valence-electron chi connectivity index (χ4n) is 2.64. The molecule has 0 spiro atoms. The number of para-hydroxylation sites is 1. The highest BCUT2D eigenvalue weighted by molar-refractivity contribution is 7.91. The van der Waals surface area contributed by atoms with Crippen molar-refractivity contribution in [2.75, 3.05) is 11.1 Å². The average Bonchev–Trinajstić information content (AvgIpc) is 2.65. The maximum atomic E-state index is 12.1. The summed E-state index contributed by atoms with van der Waals surface area (Å²) in [5, 5.41) is 3.43. The Bertz CT molecular complexity index is 545. The third kappa shape index (κ3) is 3.67. The lowest BCUT2D eigenvalue weighted by atomic mass is 10.1. The highest BCUT2D eigenvalue weighted by Crippen LogP contribution is 2.28. The molecule has 0 saturated heterocycles. The second kappa shape index (κ2) is 6.81. The van der Waals surface area contributed by atoms with Gasteiger partial charge in [0.2, 0.25) is 0 Å². The van der Waals surface area contributed by atoms with Gasteiger partial charge in [0.1, 0.15) is 0 Å². The van der Waals surface area contributed by atoms with Crippen LogP contribution in [0.1, 0.15) is 39.0 Å². The Morgan fingerprint density at radius 3 is 2.65 bits per heavy atom. The van der Waals surface area contributed by atoms with Gasteiger partial charge in [-0.2, -0.15) is 0 Å². The highest BCUT2D eigenvalue weighted by Gasteiger charge is 2.24. The molecule has 0 amide bonds. The minimum absolute atomic E-state index is 0.0647. The zero-order valence-electron chi connectivity index (χ0n) is 11.8. The Morgan fingerprint density at radius 2 is 1.90 bits per heavy atom. The first-order valence-electron chi connectivity index (χ1n) is 7.27. The van der Waals surface area contributed by atoms with Crippen LogP contribution in [0.2, 0.25) is 0 Å². The van der Waals surface area contributed by atoms with Crippen molar-refractivity contribution < 1.29 is 8.42 Å². The molecular formula is C15H22ClNO2S. The molecule has 1 N–H and O–H groups in total. The summed E-state index contributed by atoms with van der Waals surface area (Å²) in [7, 11) is -3.21. The fraction of sp³-hybridized carbons (Fsp3) is 0.600. The molecule has 1 saturated carbocycles. The van der Waals surface area contributed by atoms with E-state index >= 15 is 0 Å². The van der Waals surface area contributed by atoms with E-state index in [2.05, 4.69) is 5.32 Å². The van der Waals surface area contributed by atoms with Crippen LogP contribution in [0.3, 0.4) is 0 Å². The quantitative estimate of drug-likeness (QED) is 0.678. The molecule has 0 aromatic heterocycles. The monoisotopic (exact) mass is 315 g/mol. The summed E-state index contributed by atoms with van der Waals surface area (Å²) >= 11 is 6.43. The number of halogens is 1. The summed E-state index contributed by atoms with van der Waals surface area (Å²) < 4.78 is 24.3. The van der Waals surface area contributed by atoms with E-state index in [9.17, 15) is 8.42 Å². The summed E-state index contributed by atoms with van der Waals surface area (Å²) in [6.07, 6.45) is 5.48. The Balaban J connectivity index is 2.25. The van der Waals surface area contributed by atoms with Gasteiger partial charge in [-0.05, 0) is 25.0 Å². The van der Waals surface area contributed by atoms with Crippen LogP contribution >= 0.6 is 11.6 Å². The van der Waals surface area contributed by atoms with E-state index in [1.807, 2.05) is 12.1 Å². The smallest absolute Gasteiger partial charge is 0.180 e. The molecule has 112 valence electrons. The Hall–Kier alpha value is -0.740. The number of sulfone groups is 1. The first-order valence-corrected chi connectivity index (χ1v) is 9.36. The zero-order valence-corrected chi connectivity index (χ0v) is 13.4. The molecule has 2 rings (SSSR count). The second-order valence-corrected chi connectivity index (χ2v) is 8.11. The van der Waals surface area contributed by atoms with E-state index in [0.29, 0.717) is 10.6 Å². The van der Waals surface area contributed by atoms with Crippen molar-refractivity contribution in [3.8, 4) is 0 Å². The number of nitrogens with one attached hydrogen (secondary N) is 1. The third-order valence-corrected chi connectivity index (χ3v) is 6.18. The Kier molecular flexibility index (Phi) is 5.33. The number of benzene rings is 1. The first kappa shape index (κ1) is 15.6. The van der Waals surface area contributed by atoms with Crippen LogP contribution in [-0.2, 0) is 9.84 Å². The van der Waals surface area contributed by atoms with Gasteiger partial charge in [0, 0.05) is 6.04 Å². The molecule has 1 aliphatic rings. The molecule has 2 atom stereocenters. The number of hydrogen-bond acceptors (Lipinski definition) is 3. The van der Waals surface area contributed by atoms with Crippen molar-refractivity contribution in [2.45, 2.75) is 55.3 Å². The van der Waals surface area contributed by atoms with Crippen molar-refractivity contribution in [1.29, 1.82) is 0 Å². The maximum absolute atomic E-state index is 12.1. The Morgan fingerprint density at radius 1 is 1.20 bits per heavy atom. The van der Waals surface area contributed by atoms with Gasteiger partial charge in [0.15, 0.2) is 9.84 Å². The largest absolute Gasteiger partial charge is 0.380 e. The summed E-state index contributed by atoms with van der Waals surface area (Å²) in [6.45, 7) is 1.67. The van der Waals surface area contributed by atoms with Gasteiger partial charge in [-0.3, -0.25) is 0 Å². The molecule has 0 aliphatic heterocycles. The van der Waals surface area contributed by atoms with Crippen LogP contribution in [0.25, 0.3) is 0 Å². The zero-order chi connectivity index (χ0) is 14.6. The van der Waals surface area contributed by atoms with E-state index in [4.69, 9.17) is 11.6 Å². The van der Waals surface area contributed by atoms with Gasteiger partial charge in [-0.1, -0.05) is 38.3 Å². The van der Waals surface area contributed by atoms with Crippen molar-refractivity contribution in [2.24, 2.45) is 0 Å². The Labute approximate surface area is 126 Å². The summed E-state index contributed by atoms with van der Waals surface area (Å²) in [4.78, 5) is 0.385. The number of anilines is 1. The van der Waals surface area contributed by atoms with E-state index < -0.39 is 9.84 Å². The molecule has 0 heterocycles. The molecule has 5 heteroatoms. The molecule has 1 aromatic carbocycles. The normalized spacial score (nSPS) is 24.1. The van der Waals surface area contributed by atoms with Gasteiger partial charge < -0.3 is 5.32 Å². The summed E-state index contributed by atoms with van der Waals surface area (Å²) in [5.41, 5.74) is 0.687. The molecule has 20 heavy (non-hydrogen) atoms. The fourth-order valence-corrected chi connectivity index (χ4v) is 4.04. The van der Waals surface area contributed by atoms with E-state index in [1.165, 1.54) is 6.42 Å². The lowest BCUT2D eigenvalue weighted by Crippen LogP contribution is -2.29. The van der Waals surface area contributed by atoms with Crippen LogP contribution in [0.5, 0.6) is 0 Å². The van der Waals surface area contributed by atoms with Crippen molar-refractivity contribution >= 4 is 27.1 Å². The molecule has 1 aromatic rings. The topological polar surface area (TPSA) is 46.2 Å². The average molecular weight is 316 g/mol. The molecular weight excluding hydrogens is 294 g/mol. The lowest BCUT2D eigenvalue weighted by Gasteiger charge is -2.23. The summed E-state index contributed by atoms with van der Waals surface area (Å²) in [6, 6.07) is 7.26. The highest BCUT2D eigenvalue weighted by atomic mass is 35.5. The van der Waals surface area contributed by atoms with Gasteiger partial charge in [0.05, 0.1) is 21.7 Å². The molecule has 1 fully saturated rings. The maximum Gasteiger partial charge on any atom is 0.180 e. The van der Waals surface area contributed by atoms with Crippen LogP contribution < -0.4 is 5.32 Å². The van der Waals surface area contributed by atoms with Crippen LogP contribution in [0, 0.1) is 0 Å². The predicted octanol–water partition coefficient (Wildman–Crippen LogP) is 3.83. The third-order valence-electron chi connectivity index (χ3n) is 3.87. The number of alkyl halides is 1. The first-order chi connectivity index (χ1) is 9.54. The van der Waals surface area contributed by atoms with Gasteiger partial charge in [-0.15, -0.1) is 11.6 Å². The number of rotatable bonds is 4. The van der Waals surface area contributed by atoms with Crippen LogP contribution in [0.15, 0.2) is 29.2 Å². The van der Waals surface area contributed by atoms with E-state index in [-0.39, 0.29) is 17.2 Å². The minimum Gasteiger partial charge on any atom is -0.380 e. The lowest BCUT2D eigenvalue weighted by molar-refractivity contribution is 0.596. The molecule has 3 nitrogen and oxygen atoms in total. The minimum atomic E-state index is -3.21. The second-order valence-electron chi connectivity index (χ2n) is 5.30. The SMILES string of the molecule is CCS(=O)(=O)c1ccccc1NC1CCCCCC1Cl. The predicted molar refractivity (Wildman–Crippen MR) is 84.3 cm³/mol. The van der Waals surface area contributed by atoms with E-state index in [0.717, 1.165) is 25.7 Å². The molecule has 0 radical (unpaired) electrons. The van der Waals surface area contributed by atoms with Crippen LogP contribution in [0.4, 0.5) is 5.69 Å². The number of hydrogen-bond donors (Lipinski definition) is 1. The van der Waals surface area contributed by atoms with Gasteiger partial charge in [0.25, 0.3) is 0 Å². The summed E-state index contributed by atoms with van der Waals surface area (Å²) in [5.74, 6) is 0.112. The standard InChI is InChI=1S/C15H22ClNO2S/c1-2-20(18,19)15-11-7-6-10-14(15)17-13-9-5-3-4-8-12(13)16/h6-7,10-13,17H,2-5,8-9H2,1H3. The van der Waals surface area contributed by atoms with Gasteiger partial charge in [-0.25, -0.2) is 8.42 Å². The van der Waals surface area contributed by atoms with E-state index in [1.54, 1.807) is 19.1 Å². The van der Waals surface area contributed by atoms with Gasteiger partial charge >= 0.3 is 0 Å². The van der Waals surface area contributed by atoms with Crippen molar-refractivity contribution in [3.63, 3.8) is 0 Å². The molecule has 2 unspecified atom stereocenters. The van der Waals surface area contributed by atoms with Crippen molar-refractivity contribution in [3.05, 3.63) is 24.3 Å². The molecule has 1 aliphatic carbocycles. The molecule has 0 bridgehead atoms. The van der Waals surface area contributed by atoms with Crippen molar-refractivity contribution in [1.82, 2.24) is 0 Å².